The van der Waals surface area contributed by atoms with E-state index in [1.54, 1.807) is 18.2 Å². The molecule has 0 unspecified atom stereocenters. The van der Waals surface area contributed by atoms with Crippen LogP contribution in [-0.2, 0) is 10.0 Å². The molecule has 0 aliphatic heterocycles. The van der Waals surface area contributed by atoms with Gasteiger partial charge in [-0.2, -0.15) is 0 Å². The fourth-order valence-electron chi connectivity index (χ4n) is 1.52. The maximum atomic E-state index is 12.1. The first-order valence-electron chi connectivity index (χ1n) is 5.39. The molecule has 0 fully saturated rings. The standard InChI is InChI=1S/C12H13N3O3S/c1-18-12-5-4-9(13)7-11(12)15-19(16,17)10-3-2-6-14-8-10/h2-8,15H,13H2,1H3. The minimum Gasteiger partial charge on any atom is -0.495 e. The van der Waals surface area contributed by atoms with Gasteiger partial charge in [-0.15, -0.1) is 0 Å². The number of nitrogens with two attached hydrogens (primary N) is 1. The number of hydrogen-bond donors (Lipinski definition) is 2. The van der Waals surface area contributed by atoms with Gasteiger partial charge in [0.05, 0.1) is 12.8 Å². The normalized spacial score (nSPS) is 11.0. The SMILES string of the molecule is COc1ccc(N)cc1NS(=O)(=O)c1cccnc1. The predicted molar refractivity (Wildman–Crippen MR) is 72.5 cm³/mol. The molecule has 2 aromatic rings. The van der Waals surface area contributed by atoms with Crippen molar-refractivity contribution < 1.29 is 13.2 Å². The number of methoxy groups -OCH3 is 1. The van der Waals surface area contributed by atoms with E-state index in [9.17, 15) is 8.42 Å². The lowest BCUT2D eigenvalue weighted by molar-refractivity contribution is 0.417. The molecule has 19 heavy (non-hydrogen) atoms. The summed E-state index contributed by atoms with van der Waals surface area (Å²) in [5, 5.41) is 0. The number of nitrogens with one attached hydrogen (secondary N) is 1. The number of ether oxygens (including phenoxy) is 1. The summed E-state index contributed by atoms with van der Waals surface area (Å²) in [6.45, 7) is 0. The van der Waals surface area contributed by atoms with Crippen molar-refractivity contribution in [3.8, 4) is 5.75 Å². The molecule has 0 spiro atoms. The van der Waals surface area contributed by atoms with Crippen LogP contribution >= 0.6 is 0 Å². The lowest BCUT2D eigenvalue weighted by Gasteiger charge is -2.12. The molecule has 0 bridgehead atoms. The van der Waals surface area contributed by atoms with Crippen LogP contribution in [0.15, 0.2) is 47.6 Å². The molecule has 0 saturated carbocycles. The fraction of sp³-hybridized carbons (Fsp3) is 0.0833. The van der Waals surface area contributed by atoms with Gasteiger partial charge in [-0.05, 0) is 30.3 Å². The van der Waals surface area contributed by atoms with Crippen molar-refractivity contribution in [2.75, 3.05) is 17.6 Å². The Kier molecular flexibility index (Phi) is 3.57. The third-order valence-electron chi connectivity index (χ3n) is 2.41. The zero-order valence-electron chi connectivity index (χ0n) is 10.2. The van der Waals surface area contributed by atoms with E-state index in [1.807, 2.05) is 0 Å². The van der Waals surface area contributed by atoms with Crippen molar-refractivity contribution >= 4 is 21.4 Å². The average molecular weight is 279 g/mol. The second-order valence-corrected chi connectivity index (χ2v) is 5.44. The van der Waals surface area contributed by atoms with Crippen LogP contribution < -0.4 is 15.2 Å². The number of aromatic nitrogens is 1. The quantitative estimate of drug-likeness (QED) is 0.826. The molecule has 3 N–H and O–H groups in total. The maximum absolute atomic E-state index is 12.1. The van der Waals surface area contributed by atoms with Gasteiger partial charge in [-0.25, -0.2) is 8.42 Å². The van der Waals surface area contributed by atoms with Crippen molar-refractivity contribution in [3.63, 3.8) is 0 Å². The summed E-state index contributed by atoms with van der Waals surface area (Å²) in [5.74, 6) is 0.390. The van der Waals surface area contributed by atoms with Gasteiger partial charge < -0.3 is 10.5 Å². The highest BCUT2D eigenvalue weighted by atomic mass is 32.2. The van der Waals surface area contributed by atoms with Crippen molar-refractivity contribution in [1.29, 1.82) is 0 Å². The number of pyridine rings is 1. The van der Waals surface area contributed by atoms with E-state index in [-0.39, 0.29) is 10.6 Å². The summed E-state index contributed by atoms with van der Waals surface area (Å²) in [5.41, 5.74) is 6.36. The molecule has 1 aromatic heterocycles. The molecular weight excluding hydrogens is 266 g/mol. The lowest BCUT2D eigenvalue weighted by atomic mass is 10.2. The van der Waals surface area contributed by atoms with Crippen molar-refractivity contribution in [1.82, 2.24) is 4.98 Å². The summed E-state index contributed by atoms with van der Waals surface area (Å²) in [7, 11) is -2.26. The third-order valence-corrected chi connectivity index (χ3v) is 3.76. The zero-order valence-corrected chi connectivity index (χ0v) is 11.0. The molecule has 0 amide bonds. The lowest BCUT2D eigenvalue weighted by Crippen LogP contribution is -2.14. The van der Waals surface area contributed by atoms with Gasteiger partial charge in [0, 0.05) is 18.1 Å². The first kappa shape index (κ1) is 13.2. The second kappa shape index (κ2) is 5.15. The van der Waals surface area contributed by atoms with Gasteiger partial charge in [0.1, 0.15) is 10.6 Å². The highest BCUT2D eigenvalue weighted by Gasteiger charge is 2.16. The van der Waals surface area contributed by atoms with Gasteiger partial charge in [0.15, 0.2) is 0 Å². The van der Waals surface area contributed by atoms with Crippen LogP contribution in [-0.4, -0.2) is 20.5 Å². The van der Waals surface area contributed by atoms with E-state index in [1.165, 1.54) is 31.6 Å². The van der Waals surface area contributed by atoms with E-state index in [2.05, 4.69) is 9.71 Å². The Morgan fingerprint density at radius 1 is 1.32 bits per heavy atom. The van der Waals surface area contributed by atoms with Gasteiger partial charge >= 0.3 is 0 Å². The van der Waals surface area contributed by atoms with Gasteiger partial charge in [0.25, 0.3) is 10.0 Å². The van der Waals surface area contributed by atoms with E-state index < -0.39 is 10.0 Å². The van der Waals surface area contributed by atoms with Crippen LogP contribution in [0.4, 0.5) is 11.4 Å². The molecule has 0 aliphatic carbocycles. The Hall–Kier alpha value is -2.28. The molecule has 7 heteroatoms. The van der Waals surface area contributed by atoms with Gasteiger partial charge in [0.2, 0.25) is 0 Å². The minimum absolute atomic E-state index is 0.0690. The summed E-state index contributed by atoms with van der Waals surface area (Å²) < 4.78 is 31.8. The number of nitrogen functional groups attached to an aromatic ring is 1. The molecule has 0 aliphatic rings. The summed E-state index contributed by atoms with van der Waals surface area (Å²) >= 11 is 0. The summed E-state index contributed by atoms with van der Waals surface area (Å²) in [6, 6.07) is 7.71. The smallest absolute Gasteiger partial charge is 0.263 e. The second-order valence-electron chi connectivity index (χ2n) is 3.75. The van der Waals surface area contributed by atoms with Crippen LogP contribution in [0, 0.1) is 0 Å². The minimum atomic E-state index is -3.71. The average Bonchev–Trinajstić information content (AvgIpc) is 2.39. The molecule has 0 atom stereocenters. The summed E-state index contributed by atoms with van der Waals surface area (Å²) in [6.07, 6.45) is 2.77. The van der Waals surface area contributed by atoms with E-state index in [0.717, 1.165) is 0 Å². The first-order valence-corrected chi connectivity index (χ1v) is 6.87. The molecule has 1 aromatic carbocycles. The number of hydrogen-bond acceptors (Lipinski definition) is 5. The highest BCUT2D eigenvalue weighted by molar-refractivity contribution is 7.92. The maximum Gasteiger partial charge on any atom is 0.263 e. The number of sulfonamides is 1. The Morgan fingerprint density at radius 2 is 2.11 bits per heavy atom. The first-order chi connectivity index (χ1) is 9.03. The molecule has 6 nitrogen and oxygen atoms in total. The third kappa shape index (κ3) is 2.94. The molecule has 100 valence electrons. The Balaban J connectivity index is 2.38. The molecule has 0 radical (unpaired) electrons. The van der Waals surface area contributed by atoms with Crippen LogP contribution in [0.5, 0.6) is 5.75 Å². The predicted octanol–water partition coefficient (Wildman–Crippen LogP) is 1.47. The van der Waals surface area contributed by atoms with Crippen LogP contribution in [0.3, 0.4) is 0 Å². The van der Waals surface area contributed by atoms with Gasteiger partial charge in [-0.1, -0.05) is 0 Å². The molecular formula is C12H13N3O3S. The van der Waals surface area contributed by atoms with E-state index >= 15 is 0 Å². The van der Waals surface area contributed by atoms with Gasteiger partial charge in [-0.3, -0.25) is 9.71 Å². The number of anilines is 2. The van der Waals surface area contributed by atoms with Crippen molar-refractivity contribution in [3.05, 3.63) is 42.7 Å². The monoisotopic (exact) mass is 279 g/mol. The largest absolute Gasteiger partial charge is 0.495 e. The molecule has 0 saturated heterocycles. The molecule has 2 rings (SSSR count). The zero-order chi connectivity index (χ0) is 13.9. The van der Waals surface area contributed by atoms with Crippen molar-refractivity contribution in [2.24, 2.45) is 0 Å². The van der Waals surface area contributed by atoms with Crippen LogP contribution in [0.2, 0.25) is 0 Å². The number of benzene rings is 1. The van der Waals surface area contributed by atoms with Crippen molar-refractivity contribution in [2.45, 2.75) is 4.90 Å². The fourth-order valence-corrected chi connectivity index (χ4v) is 2.54. The van der Waals surface area contributed by atoms with E-state index in [0.29, 0.717) is 11.4 Å². The number of nitrogens with zero attached hydrogens (tertiary/aromatic N) is 1. The highest BCUT2D eigenvalue weighted by Crippen LogP contribution is 2.28. The van der Waals surface area contributed by atoms with Crippen LogP contribution in [0.25, 0.3) is 0 Å². The number of rotatable bonds is 4. The Morgan fingerprint density at radius 3 is 2.74 bits per heavy atom. The Labute approximate surface area is 111 Å². The molecule has 1 heterocycles. The Bertz CT molecular complexity index is 672. The van der Waals surface area contributed by atoms with Crippen LogP contribution in [0.1, 0.15) is 0 Å². The van der Waals surface area contributed by atoms with E-state index in [4.69, 9.17) is 10.5 Å². The summed E-state index contributed by atoms with van der Waals surface area (Å²) in [4.78, 5) is 3.85. The topological polar surface area (TPSA) is 94.3 Å².